The molecule has 0 aliphatic heterocycles. The van der Waals surface area contributed by atoms with Crippen molar-refractivity contribution in [3.05, 3.63) is 109 Å². The first-order chi connectivity index (χ1) is 14.1. The van der Waals surface area contributed by atoms with E-state index in [0.717, 1.165) is 0 Å². The van der Waals surface area contributed by atoms with Crippen molar-refractivity contribution in [1.82, 2.24) is 0 Å². The van der Waals surface area contributed by atoms with Crippen LogP contribution in [0.1, 0.15) is 48.4 Å². The van der Waals surface area contributed by atoms with Gasteiger partial charge in [-0.1, -0.05) is 0 Å². The van der Waals surface area contributed by atoms with Crippen LogP contribution in [0.3, 0.4) is 0 Å². The van der Waals surface area contributed by atoms with Crippen LogP contribution >= 0.6 is 0 Å². The molecule has 155 valence electrons. The second kappa shape index (κ2) is 9.59. The largest absolute Gasteiger partial charge is 1.00 e. The van der Waals surface area contributed by atoms with Gasteiger partial charge in [0.25, 0.3) is 0 Å². The molecule has 0 fully saturated rings. The van der Waals surface area contributed by atoms with Crippen molar-refractivity contribution in [1.29, 1.82) is 0 Å². The maximum atomic E-state index is 9.79. The third-order valence-corrected chi connectivity index (χ3v) is 7.51. The Bertz CT molecular complexity index is 1400. The van der Waals surface area contributed by atoms with Crippen LogP contribution in [0.25, 0.3) is 14.9 Å². The molecule has 0 spiro atoms. The quantitative estimate of drug-likeness (QED) is 0.424. The molecule has 1 nitrogen and oxygen atoms in total. The molecule has 3 aromatic carbocycles. The molecule has 31 heavy (non-hydrogen) atoms. The zero-order valence-corrected chi connectivity index (χ0v) is 21.5. The van der Waals surface area contributed by atoms with Gasteiger partial charge in [-0.2, -0.15) is 0 Å². The van der Waals surface area contributed by atoms with E-state index >= 15 is 0 Å². The molecule has 3 aromatic rings. The molecule has 0 bridgehead atoms. The molecule has 2 aliphatic rings. The van der Waals surface area contributed by atoms with Crippen LogP contribution in [0, 0.1) is 10.4 Å². The van der Waals surface area contributed by atoms with E-state index in [1.54, 1.807) is 0 Å². The average molecular weight is 526 g/mol. The fourth-order valence-electron chi connectivity index (χ4n) is 4.99. The van der Waals surface area contributed by atoms with Crippen molar-refractivity contribution in [3.8, 4) is 0 Å². The molecular formula is C27H23Cl2OZr. The van der Waals surface area contributed by atoms with E-state index in [2.05, 4.69) is 80.6 Å². The first-order valence-electron chi connectivity index (χ1n) is 10.2. The fraction of sp³-hybridized carbons (Fsp3) is 0.185. The molecular weight excluding hydrogens is 502 g/mol. The monoisotopic (exact) mass is 523 g/mol. The van der Waals surface area contributed by atoms with Crippen molar-refractivity contribution in [2.24, 2.45) is 0 Å². The van der Waals surface area contributed by atoms with Crippen molar-refractivity contribution in [3.63, 3.8) is 0 Å². The van der Waals surface area contributed by atoms with Gasteiger partial charge in [-0.3, -0.25) is 0 Å². The van der Waals surface area contributed by atoms with E-state index < -0.39 is 0 Å². The summed E-state index contributed by atoms with van der Waals surface area (Å²) in [7, 11) is 0. The number of benzene rings is 3. The zero-order valence-electron chi connectivity index (χ0n) is 17.5. The van der Waals surface area contributed by atoms with Gasteiger partial charge in [0.1, 0.15) is 0 Å². The summed E-state index contributed by atoms with van der Waals surface area (Å²) in [6, 6.07) is 22.2. The third-order valence-electron chi connectivity index (χ3n) is 6.23. The van der Waals surface area contributed by atoms with Gasteiger partial charge in [0.05, 0.1) is 0 Å². The minimum atomic E-state index is 0. The summed E-state index contributed by atoms with van der Waals surface area (Å²) >= 11 is 1.45. The maximum Gasteiger partial charge on any atom is -1.00 e. The van der Waals surface area contributed by atoms with Crippen LogP contribution in [-0.4, -0.2) is 11.7 Å². The molecule has 1 N–H and O–H groups in total. The fourth-order valence-corrected chi connectivity index (χ4v) is 6.19. The zero-order chi connectivity index (χ0) is 20.1. The van der Waals surface area contributed by atoms with Gasteiger partial charge in [-0.25, -0.2) is 0 Å². The SMILES string of the molecule is CC(C)=c1ccc2c(c1C1C(CCO)=Cc3ccccc31)[C]([Zr+2])=c1ccccc1=2.[Cl-].[Cl-]. The molecule has 0 amide bonds. The Hall–Kier alpha value is -1.44. The van der Waals surface area contributed by atoms with Gasteiger partial charge in [0.2, 0.25) is 0 Å². The van der Waals surface area contributed by atoms with E-state index in [1.165, 1.54) is 82.3 Å². The molecule has 0 heterocycles. The van der Waals surface area contributed by atoms with Crippen molar-refractivity contribution in [2.45, 2.75) is 26.2 Å². The van der Waals surface area contributed by atoms with Crippen molar-refractivity contribution >= 4 is 14.9 Å². The van der Waals surface area contributed by atoms with Gasteiger partial charge in [0, 0.05) is 0 Å². The summed E-state index contributed by atoms with van der Waals surface area (Å²) in [6.45, 7) is 4.61. The predicted molar refractivity (Wildman–Crippen MR) is 115 cm³/mol. The van der Waals surface area contributed by atoms with Crippen LogP contribution in [0.2, 0.25) is 0 Å². The number of hydrogen-bond acceptors (Lipinski definition) is 1. The van der Waals surface area contributed by atoms with Crippen LogP contribution in [0.15, 0.2) is 66.2 Å². The molecule has 4 heteroatoms. The van der Waals surface area contributed by atoms with E-state index in [-0.39, 0.29) is 37.3 Å². The van der Waals surface area contributed by atoms with Crippen molar-refractivity contribution in [2.75, 3.05) is 6.61 Å². The molecule has 1 unspecified atom stereocenters. The Labute approximate surface area is 210 Å². The Morgan fingerprint density at radius 1 is 0.871 bits per heavy atom. The molecule has 2 aliphatic carbocycles. The molecule has 0 aromatic heterocycles. The number of fused-ring (bicyclic) bond motifs is 3. The third kappa shape index (κ3) is 3.83. The van der Waals surface area contributed by atoms with E-state index in [4.69, 9.17) is 0 Å². The molecule has 0 saturated carbocycles. The normalized spacial score (nSPS) is 15.3. The summed E-state index contributed by atoms with van der Waals surface area (Å²) in [5.74, 6) is 0.211. The Morgan fingerprint density at radius 3 is 2.26 bits per heavy atom. The number of hydrogen-bond donors (Lipinski definition) is 1. The second-order valence-electron chi connectivity index (χ2n) is 8.12. The van der Waals surface area contributed by atoms with Crippen LogP contribution in [-0.2, 0) is 24.7 Å². The molecule has 0 radical (unpaired) electrons. The number of aliphatic hydroxyl groups is 1. The topological polar surface area (TPSA) is 20.2 Å². The van der Waals surface area contributed by atoms with Gasteiger partial charge < -0.3 is 24.8 Å². The van der Waals surface area contributed by atoms with Crippen LogP contribution < -0.4 is 35.3 Å². The summed E-state index contributed by atoms with van der Waals surface area (Å²) in [4.78, 5) is 0. The number of aliphatic hydroxyl groups excluding tert-OH is 1. The number of halogens is 2. The van der Waals surface area contributed by atoms with E-state index in [0.29, 0.717) is 6.42 Å². The van der Waals surface area contributed by atoms with Crippen molar-refractivity contribution < 1.29 is 54.6 Å². The van der Waals surface area contributed by atoms with Crippen LogP contribution in [0.5, 0.6) is 0 Å². The minimum absolute atomic E-state index is 0. The van der Waals surface area contributed by atoms with Gasteiger partial charge >= 0.3 is 187 Å². The Morgan fingerprint density at radius 2 is 1.55 bits per heavy atom. The first kappa shape index (κ1) is 24.2. The second-order valence-corrected chi connectivity index (χ2v) is 9.35. The number of rotatable bonds is 3. The van der Waals surface area contributed by atoms with Gasteiger partial charge in [-0.15, -0.1) is 0 Å². The molecule has 0 saturated heterocycles. The Kier molecular flexibility index (Phi) is 7.49. The van der Waals surface area contributed by atoms with Crippen LogP contribution in [0.4, 0.5) is 0 Å². The van der Waals surface area contributed by atoms with E-state index in [9.17, 15) is 5.11 Å². The Balaban J connectivity index is 0.00000136. The summed E-state index contributed by atoms with van der Waals surface area (Å²) in [5.41, 5.74) is 8.17. The first-order valence-corrected chi connectivity index (χ1v) is 11.4. The summed E-state index contributed by atoms with van der Waals surface area (Å²) in [6.07, 6.45) is 3.01. The minimum Gasteiger partial charge on any atom is -1.00 e. The maximum absolute atomic E-state index is 9.79. The summed E-state index contributed by atoms with van der Waals surface area (Å²) < 4.78 is 1.45. The smallest absolute Gasteiger partial charge is 1.00 e. The van der Waals surface area contributed by atoms with Gasteiger partial charge in [-0.05, 0) is 0 Å². The van der Waals surface area contributed by atoms with Gasteiger partial charge in [0.15, 0.2) is 0 Å². The standard InChI is InChI=1S/C27H23O.2ClH.Zr/c1-17(2)21-11-12-24-22-9-5-3-8-19(22)16-25(24)27(21)26-20(13-14-28)15-18-7-4-6-10-23(18)26;;;/h3-12,15,26,28H,13-14H2,1-2H3;2*1H;/q;;;+2/p-2. The van der Waals surface area contributed by atoms with E-state index in [1.807, 2.05) is 0 Å². The molecule has 5 rings (SSSR count). The summed E-state index contributed by atoms with van der Waals surface area (Å²) in [5, 5.41) is 15.2. The predicted octanol–water partition coefficient (Wildman–Crippen LogP) is -1.90. The molecule has 1 atom stereocenters. The average Bonchev–Trinajstić information content (AvgIpc) is 3.23.